The summed E-state index contributed by atoms with van der Waals surface area (Å²) in [4.78, 5) is 16.4. The van der Waals surface area contributed by atoms with Crippen LogP contribution in [-0.2, 0) is 26.2 Å². The highest BCUT2D eigenvalue weighted by molar-refractivity contribution is 7.90. The van der Waals surface area contributed by atoms with Crippen molar-refractivity contribution in [3.63, 3.8) is 0 Å². The van der Waals surface area contributed by atoms with Gasteiger partial charge in [-0.2, -0.15) is 5.26 Å². The van der Waals surface area contributed by atoms with Crippen LogP contribution in [0.15, 0.2) is 58.4 Å². The van der Waals surface area contributed by atoms with Gasteiger partial charge in [0.05, 0.1) is 16.5 Å². The average Bonchev–Trinajstić information content (AvgIpc) is 2.90. The van der Waals surface area contributed by atoms with E-state index in [0.717, 1.165) is 5.56 Å². The van der Waals surface area contributed by atoms with Gasteiger partial charge in [0.1, 0.15) is 18.5 Å². The van der Waals surface area contributed by atoms with E-state index in [1.807, 2.05) is 6.07 Å². The van der Waals surface area contributed by atoms with E-state index < -0.39 is 22.0 Å². The Morgan fingerprint density at radius 1 is 1.23 bits per heavy atom. The van der Waals surface area contributed by atoms with Crippen molar-refractivity contribution in [3.05, 3.63) is 65.2 Å². The maximum Gasteiger partial charge on any atom is 0.330 e. The molecule has 7 nitrogen and oxygen atoms in total. The first kappa shape index (κ1) is 17.6. The number of carbonyl (C=O) groups excluding carboxylic acids is 1. The molecule has 0 radical (unpaired) electrons. The van der Waals surface area contributed by atoms with Crippen LogP contribution in [0.5, 0.6) is 0 Å². The van der Waals surface area contributed by atoms with Gasteiger partial charge >= 0.3 is 5.97 Å². The molecule has 0 fully saturated rings. The van der Waals surface area contributed by atoms with Gasteiger partial charge in [-0.15, -0.1) is 0 Å². The Balaban J connectivity index is 1.69. The van der Waals surface area contributed by atoms with Gasteiger partial charge < -0.3 is 4.74 Å². The van der Waals surface area contributed by atoms with Gasteiger partial charge in [-0.25, -0.2) is 13.2 Å². The second kappa shape index (κ2) is 6.98. The molecule has 1 unspecified atom stereocenters. The molecule has 1 aliphatic rings. The number of nitriles is 1. The third kappa shape index (κ3) is 3.58. The summed E-state index contributed by atoms with van der Waals surface area (Å²) in [5, 5.41) is 8.76. The summed E-state index contributed by atoms with van der Waals surface area (Å²) in [6, 6.07) is 14.2. The molecule has 0 spiro atoms. The average molecular weight is 369 g/mol. The number of hydrogen-bond donors (Lipinski definition) is 1. The molecule has 0 bridgehead atoms. The second-order valence-corrected chi connectivity index (χ2v) is 7.32. The highest BCUT2D eigenvalue weighted by Crippen LogP contribution is 2.22. The van der Waals surface area contributed by atoms with Crippen LogP contribution >= 0.6 is 0 Å². The fourth-order valence-corrected chi connectivity index (χ4v) is 3.67. The molecule has 1 N–H and O–H groups in total. The first-order valence-corrected chi connectivity index (χ1v) is 9.25. The fraction of sp³-hybridized carbons (Fsp3) is 0.167. The zero-order valence-corrected chi connectivity index (χ0v) is 14.7. The first-order chi connectivity index (χ1) is 12.4. The van der Waals surface area contributed by atoms with Crippen LogP contribution in [0.25, 0.3) is 0 Å². The van der Waals surface area contributed by atoms with Gasteiger partial charge in [0.15, 0.2) is 0 Å². The van der Waals surface area contributed by atoms with E-state index in [9.17, 15) is 13.2 Å². The van der Waals surface area contributed by atoms with Crippen molar-refractivity contribution >= 4 is 21.8 Å². The van der Waals surface area contributed by atoms with Crippen LogP contribution in [0.2, 0.25) is 0 Å². The van der Waals surface area contributed by atoms with Crippen LogP contribution in [0.3, 0.4) is 0 Å². The molecule has 8 heteroatoms. The predicted molar refractivity (Wildman–Crippen MR) is 93.7 cm³/mol. The molecule has 1 aliphatic heterocycles. The largest absolute Gasteiger partial charge is 0.459 e. The molecule has 0 aliphatic carbocycles. The molecule has 0 saturated heterocycles. The highest BCUT2D eigenvalue weighted by atomic mass is 32.2. The number of fused-ring (bicyclic) bond motifs is 1. The van der Waals surface area contributed by atoms with E-state index >= 15 is 0 Å². The van der Waals surface area contributed by atoms with Crippen LogP contribution in [0.4, 0.5) is 0 Å². The van der Waals surface area contributed by atoms with Gasteiger partial charge in [-0.1, -0.05) is 24.3 Å². The number of aliphatic imine (C=N–C) groups is 1. The van der Waals surface area contributed by atoms with Crippen molar-refractivity contribution in [1.29, 1.82) is 5.26 Å². The Bertz CT molecular complexity index is 1020. The van der Waals surface area contributed by atoms with Crippen molar-refractivity contribution in [2.75, 3.05) is 0 Å². The van der Waals surface area contributed by atoms with Crippen LogP contribution in [0.1, 0.15) is 23.6 Å². The maximum atomic E-state index is 12.1. The topological polar surface area (TPSA) is 109 Å². The molecule has 26 heavy (non-hydrogen) atoms. The summed E-state index contributed by atoms with van der Waals surface area (Å²) in [5.74, 6) is -0.450. The third-order valence-corrected chi connectivity index (χ3v) is 5.19. The number of benzene rings is 2. The predicted octanol–water partition coefficient (Wildman–Crippen LogP) is 1.73. The molecule has 0 saturated carbocycles. The summed E-state index contributed by atoms with van der Waals surface area (Å²) >= 11 is 0. The molecule has 1 heterocycles. The zero-order chi connectivity index (χ0) is 18.7. The third-order valence-electron chi connectivity index (χ3n) is 3.79. The number of nitrogens with zero attached hydrogens (tertiary/aromatic N) is 2. The Morgan fingerprint density at radius 3 is 2.62 bits per heavy atom. The summed E-state index contributed by atoms with van der Waals surface area (Å²) in [6.45, 7) is 1.57. The van der Waals surface area contributed by atoms with Crippen molar-refractivity contribution in [1.82, 2.24) is 4.72 Å². The molecule has 2 aromatic rings. The summed E-state index contributed by atoms with van der Waals surface area (Å²) in [6.07, 6.45) is 0. The lowest BCUT2D eigenvalue weighted by molar-refractivity contribution is -0.146. The summed E-state index contributed by atoms with van der Waals surface area (Å²) in [7, 11) is -3.65. The quantitative estimate of drug-likeness (QED) is 0.826. The van der Waals surface area contributed by atoms with Crippen molar-refractivity contribution < 1.29 is 17.9 Å². The summed E-state index contributed by atoms with van der Waals surface area (Å²) < 4.78 is 31.7. The molecule has 132 valence electrons. The second-order valence-electron chi connectivity index (χ2n) is 5.67. The smallest absolute Gasteiger partial charge is 0.330 e. The molecule has 0 amide bonds. The van der Waals surface area contributed by atoms with E-state index in [1.54, 1.807) is 42.5 Å². The normalized spacial score (nSPS) is 17.0. The Labute approximate surface area is 151 Å². The van der Waals surface area contributed by atoms with Crippen LogP contribution < -0.4 is 4.72 Å². The minimum absolute atomic E-state index is 0.0437. The van der Waals surface area contributed by atoms with E-state index in [1.165, 1.54) is 13.0 Å². The lowest BCUT2D eigenvalue weighted by Gasteiger charge is -2.09. The Hall–Kier alpha value is -3.18. The SMILES string of the molecule is CC(N=C1NS(=O)(=O)c2ccccc21)C(=O)OCc1ccc(C#N)cc1. The van der Waals surface area contributed by atoms with E-state index in [0.29, 0.717) is 11.1 Å². The number of rotatable bonds is 4. The van der Waals surface area contributed by atoms with Gasteiger partial charge in [-0.3, -0.25) is 9.71 Å². The van der Waals surface area contributed by atoms with Crippen LogP contribution in [-0.4, -0.2) is 26.3 Å². The van der Waals surface area contributed by atoms with E-state index in [2.05, 4.69) is 9.71 Å². The lowest BCUT2D eigenvalue weighted by Crippen LogP contribution is -2.26. The van der Waals surface area contributed by atoms with Crippen molar-refractivity contribution in [3.8, 4) is 6.07 Å². The van der Waals surface area contributed by atoms with Crippen molar-refractivity contribution in [2.24, 2.45) is 4.99 Å². The highest BCUT2D eigenvalue weighted by Gasteiger charge is 2.31. The first-order valence-electron chi connectivity index (χ1n) is 7.76. The molecule has 3 rings (SSSR count). The summed E-state index contributed by atoms with van der Waals surface area (Å²) in [5.41, 5.74) is 1.69. The molecule has 2 aromatic carbocycles. The van der Waals surface area contributed by atoms with Gasteiger partial charge in [0, 0.05) is 5.56 Å². The number of carbonyl (C=O) groups is 1. The Morgan fingerprint density at radius 2 is 1.92 bits per heavy atom. The van der Waals surface area contributed by atoms with Gasteiger partial charge in [0.2, 0.25) is 0 Å². The minimum Gasteiger partial charge on any atom is -0.459 e. The molecular weight excluding hydrogens is 354 g/mol. The maximum absolute atomic E-state index is 12.1. The molecule has 0 aromatic heterocycles. The number of amidine groups is 1. The monoisotopic (exact) mass is 369 g/mol. The van der Waals surface area contributed by atoms with Crippen molar-refractivity contribution in [2.45, 2.75) is 24.5 Å². The zero-order valence-electron chi connectivity index (χ0n) is 13.8. The number of hydrogen-bond acceptors (Lipinski definition) is 6. The number of nitrogens with one attached hydrogen (secondary N) is 1. The molecule has 1 atom stereocenters. The Kier molecular flexibility index (Phi) is 4.73. The van der Waals surface area contributed by atoms with E-state index in [-0.39, 0.29) is 17.3 Å². The lowest BCUT2D eigenvalue weighted by atomic mass is 10.1. The van der Waals surface area contributed by atoms with E-state index in [4.69, 9.17) is 10.00 Å². The molecular formula is C18H15N3O4S. The minimum atomic E-state index is -3.65. The standard InChI is InChI=1S/C18H15N3O4S/c1-12(18(22)25-11-14-8-6-13(10-19)7-9-14)20-17-15-4-2-3-5-16(15)26(23,24)21-17/h2-9,12H,11H2,1H3,(H,20,21). The van der Waals surface area contributed by atoms with Crippen LogP contribution in [0, 0.1) is 11.3 Å². The number of ether oxygens (including phenoxy) is 1. The number of sulfonamides is 1. The van der Waals surface area contributed by atoms with Gasteiger partial charge in [-0.05, 0) is 36.8 Å². The fourth-order valence-electron chi connectivity index (χ4n) is 2.43. The number of esters is 1. The van der Waals surface area contributed by atoms with Gasteiger partial charge in [0.25, 0.3) is 10.0 Å².